The number of piperidine rings is 1. The van der Waals surface area contributed by atoms with Crippen LogP contribution in [-0.4, -0.2) is 77.2 Å². The second-order valence-corrected chi connectivity index (χ2v) is 12.5. The van der Waals surface area contributed by atoms with Crippen LogP contribution < -0.4 is 19.9 Å². The number of amides is 1. The zero-order chi connectivity index (χ0) is 32.0. The zero-order valence-corrected chi connectivity index (χ0v) is 27.3. The molecule has 0 radical (unpaired) electrons. The molecule has 1 amide bonds. The number of hydrogen-bond acceptors (Lipinski definition) is 7. The lowest BCUT2D eigenvalue weighted by molar-refractivity contribution is -0.135. The topological polar surface area (TPSA) is 80.1 Å². The van der Waals surface area contributed by atoms with Gasteiger partial charge in [-0.25, -0.2) is 4.98 Å². The number of ether oxygens (including phenoxy) is 2. The lowest BCUT2D eigenvalue weighted by Gasteiger charge is -2.34. The summed E-state index contributed by atoms with van der Waals surface area (Å²) in [6.07, 6.45) is 4.49. The quantitative estimate of drug-likeness (QED) is 0.233. The third kappa shape index (κ3) is 7.20. The summed E-state index contributed by atoms with van der Waals surface area (Å²) < 4.78 is 13.7. The first kappa shape index (κ1) is 31.6. The number of anilines is 1. The number of piperazine rings is 1. The van der Waals surface area contributed by atoms with Gasteiger partial charge in [0.15, 0.2) is 6.61 Å². The van der Waals surface area contributed by atoms with E-state index in [1.54, 1.807) is 4.57 Å². The minimum Gasteiger partial charge on any atom is -0.489 e. The highest BCUT2D eigenvalue weighted by Crippen LogP contribution is 2.27. The number of fused-ring (bicyclic) bond motifs is 1. The van der Waals surface area contributed by atoms with Gasteiger partial charge in [0.2, 0.25) is 0 Å². The molecule has 0 saturated carbocycles. The number of aromatic nitrogens is 2. The van der Waals surface area contributed by atoms with Gasteiger partial charge in [0.25, 0.3) is 11.5 Å². The molecule has 2 saturated heterocycles. The minimum atomic E-state index is -0.100. The van der Waals surface area contributed by atoms with E-state index in [4.69, 9.17) is 14.5 Å². The highest BCUT2D eigenvalue weighted by atomic mass is 16.5. The highest BCUT2D eigenvalue weighted by Gasteiger charge is 2.25. The van der Waals surface area contributed by atoms with Gasteiger partial charge in [-0.1, -0.05) is 31.2 Å². The standard InChI is InChI=1S/C37H45N5O4/c1-4-28-12-15-30(16-13-28)45-26-36(43)41-22-20-39(21-23-41)25-35-38-32-17-14-29(40-18-8-5-9-19-40)24-31(32)37(44)42(35)33-10-6-7-11-34(33)46-27(2)3/h6-7,10-17,24,27H,4-5,8-9,18-23,25-26H2,1-3H3. The monoisotopic (exact) mass is 623 g/mol. The van der Waals surface area contributed by atoms with Gasteiger partial charge >= 0.3 is 0 Å². The van der Waals surface area contributed by atoms with Crippen molar-refractivity contribution in [2.75, 3.05) is 50.8 Å². The molecule has 1 aromatic heterocycles. The van der Waals surface area contributed by atoms with Gasteiger partial charge in [-0.3, -0.25) is 19.1 Å². The normalized spacial score (nSPS) is 15.8. The Morgan fingerprint density at radius 3 is 2.35 bits per heavy atom. The van der Waals surface area contributed by atoms with Crippen molar-refractivity contribution in [1.82, 2.24) is 19.4 Å². The smallest absolute Gasteiger partial charge is 0.266 e. The Labute approximate surface area is 271 Å². The van der Waals surface area contributed by atoms with Crippen LogP contribution in [0.2, 0.25) is 0 Å². The number of hydrogen-bond donors (Lipinski definition) is 0. The molecule has 2 fully saturated rings. The van der Waals surface area contributed by atoms with Crippen LogP contribution in [-0.2, 0) is 17.8 Å². The third-order valence-electron chi connectivity index (χ3n) is 8.90. The number of benzene rings is 3. The fourth-order valence-electron chi connectivity index (χ4n) is 6.33. The first-order valence-electron chi connectivity index (χ1n) is 16.7. The van der Waals surface area contributed by atoms with Gasteiger partial charge in [0, 0.05) is 45.0 Å². The van der Waals surface area contributed by atoms with Gasteiger partial charge < -0.3 is 19.3 Å². The molecular formula is C37H45N5O4. The first-order valence-corrected chi connectivity index (χ1v) is 16.7. The van der Waals surface area contributed by atoms with Gasteiger partial charge in [-0.15, -0.1) is 0 Å². The van der Waals surface area contributed by atoms with Crippen molar-refractivity contribution in [2.45, 2.75) is 59.1 Å². The van der Waals surface area contributed by atoms with Crippen LogP contribution in [0.5, 0.6) is 11.5 Å². The molecule has 0 atom stereocenters. The molecule has 0 bridgehead atoms. The van der Waals surface area contributed by atoms with E-state index in [0.29, 0.717) is 66.6 Å². The van der Waals surface area contributed by atoms with E-state index < -0.39 is 0 Å². The largest absolute Gasteiger partial charge is 0.489 e. The molecule has 0 spiro atoms. The Kier molecular flexibility index (Phi) is 9.88. The second-order valence-electron chi connectivity index (χ2n) is 12.5. The Balaban J connectivity index is 1.23. The van der Waals surface area contributed by atoms with Crippen molar-refractivity contribution in [3.8, 4) is 17.2 Å². The Morgan fingerprint density at radius 1 is 0.891 bits per heavy atom. The van der Waals surface area contributed by atoms with Gasteiger partial charge in [-0.05, 0) is 87.6 Å². The van der Waals surface area contributed by atoms with Crippen LogP contribution in [0.4, 0.5) is 5.69 Å². The van der Waals surface area contributed by atoms with Crippen molar-refractivity contribution in [2.24, 2.45) is 0 Å². The average molecular weight is 624 g/mol. The maximum Gasteiger partial charge on any atom is 0.266 e. The molecule has 0 aliphatic carbocycles. The van der Waals surface area contributed by atoms with Crippen LogP contribution in [0.3, 0.4) is 0 Å². The highest BCUT2D eigenvalue weighted by molar-refractivity contribution is 5.82. The van der Waals surface area contributed by atoms with E-state index in [0.717, 1.165) is 38.0 Å². The number of aryl methyl sites for hydroxylation is 1. The molecule has 0 unspecified atom stereocenters. The Bertz CT molecular complexity index is 1700. The summed E-state index contributed by atoms with van der Waals surface area (Å²) in [5, 5.41) is 0.603. The molecule has 9 heteroatoms. The van der Waals surface area contributed by atoms with Crippen molar-refractivity contribution in [3.05, 3.63) is 88.5 Å². The van der Waals surface area contributed by atoms with E-state index in [9.17, 15) is 9.59 Å². The van der Waals surface area contributed by atoms with Crippen molar-refractivity contribution < 1.29 is 14.3 Å². The fraction of sp³-hybridized carbons (Fsp3) is 0.432. The van der Waals surface area contributed by atoms with Crippen LogP contribution in [0.25, 0.3) is 16.6 Å². The molecule has 242 valence electrons. The zero-order valence-electron chi connectivity index (χ0n) is 27.3. The van der Waals surface area contributed by atoms with Gasteiger partial charge in [0.1, 0.15) is 17.3 Å². The van der Waals surface area contributed by atoms with Crippen molar-refractivity contribution >= 4 is 22.5 Å². The summed E-state index contributed by atoms with van der Waals surface area (Å²) in [4.78, 5) is 38.9. The molecule has 3 heterocycles. The summed E-state index contributed by atoms with van der Waals surface area (Å²) >= 11 is 0. The lowest BCUT2D eigenvalue weighted by Crippen LogP contribution is -2.50. The number of nitrogens with zero attached hydrogens (tertiary/aromatic N) is 5. The number of para-hydroxylation sites is 2. The molecule has 3 aromatic carbocycles. The van der Waals surface area contributed by atoms with Crippen LogP contribution >= 0.6 is 0 Å². The summed E-state index contributed by atoms with van der Waals surface area (Å²) in [7, 11) is 0. The number of rotatable bonds is 10. The molecule has 9 nitrogen and oxygen atoms in total. The minimum absolute atomic E-state index is 0.0172. The SMILES string of the molecule is CCc1ccc(OCC(=O)N2CCN(Cc3nc4ccc(N5CCCCC5)cc4c(=O)n3-c3ccccc3OC(C)C)CC2)cc1. The molecule has 2 aliphatic heterocycles. The van der Waals surface area contributed by atoms with Crippen molar-refractivity contribution in [3.63, 3.8) is 0 Å². The molecule has 4 aromatic rings. The van der Waals surface area contributed by atoms with Crippen LogP contribution in [0.15, 0.2) is 71.5 Å². The Morgan fingerprint density at radius 2 is 1.63 bits per heavy atom. The number of carbonyl (C=O) groups excluding carboxylic acids is 1. The average Bonchev–Trinajstić information content (AvgIpc) is 3.08. The van der Waals surface area contributed by atoms with E-state index in [1.165, 1.54) is 12.0 Å². The predicted molar refractivity (Wildman–Crippen MR) is 182 cm³/mol. The summed E-state index contributed by atoms with van der Waals surface area (Å²) in [5.41, 5.74) is 3.58. The number of carbonyl (C=O) groups is 1. The molecule has 46 heavy (non-hydrogen) atoms. The fourth-order valence-corrected chi connectivity index (χ4v) is 6.33. The van der Waals surface area contributed by atoms with Gasteiger partial charge in [0.05, 0.1) is 29.2 Å². The Hall–Kier alpha value is -4.37. The lowest BCUT2D eigenvalue weighted by atomic mass is 10.1. The van der Waals surface area contributed by atoms with E-state index >= 15 is 0 Å². The van der Waals surface area contributed by atoms with E-state index in [-0.39, 0.29) is 24.2 Å². The summed E-state index contributed by atoms with van der Waals surface area (Å²) in [6, 6.07) is 21.7. The van der Waals surface area contributed by atoms with Crippen LogP contribution in [0.1, 0.15) is 51.4 Å². The summed E-state index contributed by atoms with van der Waals surface area (Å²) in [5.74, 6) is 1.98. The van der Waals surface area contributed by atoms with Crippen molar-refractivity contribution in [1.29, 1.82) is 0 Å². The molecule has 6 rings (SSSR count). The van der Waals surface area contributed by atoms with E-state index in [1.807, 2.05) is 79.4 Å². The maximum atomic E-state index is 14.4. The maximum absolute atomic E-state index is 14.4. The summed E-state index contributed by atoms with van der Waals surface area (Å²) in [6.45, 7) is 11.1. The third-order valence-corrected chi connectivity index (χ3v) is 8.90. The molecule has 2 aliphatic rings. The first-order chi connectivity index (χ1) is 22.4. The van der Waals surface area contributed by atoms with E-state index in [2.05, 4.69) is 22.8 Å². The van der Waals surface area contributed by atoms with Gasteiger partial charge in [-0.2, -0.15) is 0 Å². The molecule has 0 N–H and O–H groups in total. The van der Waals surface area contributed by atoms with Crippen LogP contribution in [0, 0.1) is 0 Å². The molecular weight excluding hydrogens is 578 g/mol. The second kappa shape index (κ2) is 14.4. The predicted octanol–water partition coefficient (Wildman–Crippen LogP) is 5.45.